The molecule has 1 N–H and O–H groups in total. The highest BCUT2D eigenvalue weighted by Crippen LogP contribution is 2.15. The van der Waals surface area contributed by atoms with Gasteiger partial charge in [0.2, 0.25) is 0 Å². The number of hydrogen-bond donors (Lipinski definition) is 1. The molecule has 1 fully saturated rings. The van der Waals surface area contributed by atoms with Crippen LogP contribution in [-0.4, -0.2) is 51.3 Å². The van der Waals surface area contributed by atoms with E-state index in [0.717, 1.165) is 32.2 Å². The van der Waals surface area contributed by atoms with E-state index in [-0.39, 0.29) is 0 Å². The molecule has 3 nitrogen and oxygen atoms in total. The molecule has 16 heavy (non-hydrogen) atoms. The molecule has 0 aromatic rings. The maximum atomic E-state index is 5.01. The van der Waals surface area contributed by atoms with E-state index in [2.05, 4.69) is 29.3 Å². The Morgan fingerprint density at radius 1 is 1.38 bits per heavy atom. The normalized spacial score (nSPS) is 19.6. The van der Waals surface area contributed by atoms with Crippen molar-refractivity contribution in [3.05, 3.63) is 12.2 Å². The summed E-state index contributed by atoms with van der Waals surface area (Å²) in [7, 11) is 1.75. The van der Waals surface area contributed by atoms with Crippen molar-refractivity contribution in [2.24, 2.45) is 5.92 Å². The summed E-state index contributed by atoms with van der Waals surface area (Å²) in [5.74, 6) is 0.860. The van der Waals surface area contributed by atoms with Crippen molar-refractivity contribution in [3.63, 3.8) is 0 Å². The van der Waals surface area contributed by atoms with Crippen molar-refractivity contribution >= 4 is 0 Å². The summed E-state index contributed by atoms with van der Waals surface area (Å²) in [4.78, 5) is 2.53. The number of rotatable bonds is 7. The molecule has 0 amide bonds. The van der Waals surface area contributed by atoms with Crippen molar-refractivity contribution in [1.82, 2.24) is 10.2 Å². The number of piperidine rings is 1. The van der Waals surface area contributed by atoms with Gasteiger partial charge in [0.05, 0.1) is 6.61 Å². The number of methoxy groups -OCH3 is 1. The number of nitrogens with zero attached hydrogens (tertiary/aromatic N) is 1. The van der Waals surface area contributed by atoms with E-state index in [0.29, 0.717) is 0 Å². The lowest BCUT2D eigenvalue weighted by molar-refractivity contribution is 0.182. The minimum Gasteiger partial charge on any atom is -0.383 e. The first-order valence-electron chi connectivity index (χ1n) is 6.40. The SMILES string of the molecule is CC=CCN1CCC(CNCCOC)CC1. The van der Waals surface area contributed by atoms with Gasteiger partial charge in [-0.25, -0.2) is 0 Å². The summed E-state index contributed by atoms with van der Waals surface area (Å²) in [6.45, 7) is 8.67. The molecule has 0 aromatic heterocycles. The Morgan fingerprint density at radius 3 is 2.75 bits per heavy atom. The van der Waals surface area contributed by atoms with Crippen LogP contribution in [0.1, 0.15) is 19.8 Å². The monoisotopic (exact) mass is 226 g/mol. The second-order valence-corrected chi connectivity index (χ2v) is 4.51. The lowest BCUT2D eigenvalue weighted by Crippen LogP contribution is -2.37. The van der Waals surface area contributed by atoms with Gasteiger partial charge in [0, 0.05) is 20.2 Å². The fourth-order valence-electron chi connectivity index (χ4n) is 2.11. The molecule has 0 spiro atoms. The van der Waals surface area contributed by atoms with Gasteiger partial charge >= 0.3 is 0 Å². The van der Waals surface area contributed by atoms with Gasteiger partial charge in [0.25, 0.3) is 0 Å². The predicted molar refractivity (Wildman–Crippen MR) is 68.7 cm³/mol. The summed E-state index contributed by atoms with van der Waals surface area (Å²) in [5, 5.41) is 3.46. The third-order valence-electron chi connectivity index (χ3n) is 3.22. The summed E-state index contributed by atoms with van der Waals surface area (Å²) < 4.78 is 5.01. The largest absolute Gasteiger partial charge is 0.383 e. The number of allylic oxidation sites excluding steroid dienone is 1. The molecule has 3 heteroatoms. The van der Waals surface area contributed by atoms with E-state index in [4.69, 9.17) is 4.74 Å². The van der Waals surface area contributed by atoms with Crippen LogP contribution in [0.15, 0.2) is 12.2 Å². The minimum absolute atomic E-state index is 0.820. The van der Waals surface area contributed by atoms with Crippen LogP contribution in [0.3, 0.4) is 0 Å². The smallest absolute Gasteiger partial charge is 0.0587 e. The second-order valence-electron chi connectivity index (χ2n) is 4.51. The number of likely N-dealkylation sites (tertiary alicyclic amines) is 1. The van der Waals surface area contributed by atoms with E-state index in [1.165, 1.54) is 25.9 Å². The lowest BCUT2D eigenvalue weighted by Gasteiger charge is -2.31. The average Bonchev–Trinajstić information content (AvgIpc) is 2.33. The fourth-order valence-corrected chi connectivity index (χ4v) is 2.11. The van der Waals surface area contributed by atoms with Gasteiger partial charge in [0.15, 0.2) is 0 Å². The average molecular weight is 226 g/mol. The van der Waals surface area contributed by atoms with E-state index < -0.39 is 0 Å². The van der Waals surface area contributed by atoms with Gasteiger partial charge in [-0.3, -0.25) is 4.90 Å². The molecule has 0 saturated carbocycles. The highest BCUT2D eigenvalue weighted by Gasteiger charge is 2.17. The Morgan fingerprint density at radius 2 is 2.12 bits per heavy atom. The molecule has 0 unspecified atom stereocenters. The minimum atomic E-state index is 0.820. The molecule has 0 radical (unpaired) electrons. The molecule has 1 aliphatic heterocycles. The van der Waals surface area contributed by atoms with Crippen LogP contribution in [-0.2, 0) is 4.74 Å². The van der Waals surface area contributed by atoms with Gasteiger partial charge < -0.3 is 10.1 Å². The molecular weight excluding hydrogens is 200 g/mol. The fraction of sp³-hybridized carbons (Fsp3) is 0.846. The van der Waals surface area contributed by atoms with Gasteiger partial charge in [-0.05, 0) is 45.3 Å². The quantitative estimate of drug-likeness (QED) is 0.526. The molecule has 0 aliphatic carbocycles. The molecular formula is C13H26N2O. The first kappa shape index (κ1) is 13.7. The Balaban J connectivity index is 2.03. The number of ether oxygens (including phenoxy) is 1. The molecule has 1 rings (SSSR count). The summed E-state index contributed by atoms with van der Waals surface area (Å²) in [6.07, 6.45) is 7.05. The first-order chi connectivity index (χ1) is 7.86. The van der Waals surface area contributed by atoms with Crippen molar-refractivity contribution in [2.75, 3.05) is 46.4 Å². The van der Waals surface area contributed by atoms with E-state index in [1.807, 2.05) is 0 Å². The van der Waals surface area contributed by atoms with Crippen LogP contribution in [0.25, 0.3) is 0 Å². The van der Waals surface area contributed by atoms with Crippen molar-refractivity contribution in [1.29, 1.82) is 0 Å². The van der Waals surface area contributed by atoms with Gasteiger partial charge in [-0.15, -0.1) is 0 Å². The maximum absolute atomic E-state index is 5.01. The Kier molecular flexibility index (Phi) is 7.47. The van der Waals surface area contributed by atoms with Crippen LogP contribution >= 0.6 is 0 Å². The maximum Gasteiger partial charge on any atom is 0.0587 e. The third kappa shape index (κ3) is 5.64. The highest BCUT2D eigenvalue weighted by atomic mass is 16.5. The molecule has 1 heterocycles. The van der Waals surface area contributed by atoms with Crippen LogP contribution in [0.4, 0.5) is 0 Å². The van der Waals surface area contributed by atoms with Crippen LogP contribution in [0.5, 0.6) is 0 Å². The molecule has 1 saturated heterocycles. The zero-order valence-electron chi connectivity index (χ0n) is 10.7. The third-order valence-corrected chi connectivity index (χ3v) is 3.22. The van der Waals surface area contributed by atoms with Crippen LogP contribution in [0.2, 0.25) is 0 Å². The summed E-state index contributed by atoms with van der Waals surface area (Å²) in [6, 6.07) is 0. The van der Waals surface area contributed by atoms with E-state index >= 15 is 0 Å². The predicted octanol–water partition coefficient (Wildman–Crippen LogP) is 1.51. The van der Waals surface area contributed by atoms with Crippen LogP contribution < -0.4 is 5.32 Å². The highest BCUT2D eigenvalue weighted by molar-refractivity contribution is 4.83. The van der Waals surface area contributed by atoms with Crippen molar-refractivity contribution < 1.29 is 4.74 Å². The van der Waals surface area contributed by atoms with Gasteiger partial charge in [0.1, 0.15) is 0 Å². The summed E-state index contributed by atoms with van der Waals surface area (Å²) in [5.41, 5.74) is 0. The Bertz CT molecular complexity index is 186. The van der Waals surface area contributed by atoms with Crippen LogP contribution in [0, 0.1) is 5.92 Å². The Hall–Kier alpha value is -0.380. The summed E-state index contributed by atoms with van der Waals surface area (Å²) >= 11 is 0. The molecule has 0 aromatic carbocycles. The molecule has 94 valence electrons. The molecule has 0 atom stereocenters. The van der Waals surface area contributed by atoms with E-state index in [9.17, 15) is 0 Å². The number of hydrogen-bond acceptors (Lipinski definition) is 3. The topological polar surface area (TPSA) is 24.5 Å². The number of nitrogens with one attached hydrogen (secondary N) is 1. The second kappa shape index (κ2) is 8.74. The van der Waals surface area contributed by atoms with Crippen molar-refractivity contribution in [3.8, 4) is 0 Å². The molecule has 0 bridgehead atoms. The van der Waals surface area contributed by atoms with Gasteiger partial charge in [-0.1, -0.05) is 12.2 Å². The van der Waals surface area contributed by atoms with Gasteiger partial charge in [-0.2, -0.15) is 0 Å². The molecule has 1 aliphatic rings. The standard InChI is InChI=1S/C13H26N2O/c1-3-4-8-15-9-5-13(6-10-15)12-14-7-11-16-2/h3-4,13-14H,5-12H2,1-2H3. The van der Waals surface area contributed by atoms with Crippen molar-refractivity contribution in [2.45, 2.75) is 19.8 Å². The van der Waals surface area contributed by atoms with E-state index in [1.54, 1.807) is 7.11 Å². The zero-order valence-corrected chi connectivity index (χ0v) is 10.7. The lowest BCUT2D eigenvalue weighted by atomic mass is 9.97. The Labute approximate surface area is 99.8 Å². The first-order valence-corrected chi connectivity index (χ1v) is 6.40. The zero-order chi connectivity index (χ0) is 11.6.